The zero-order valence-electron chi connectivity index (χ0n) is 18.0. The van der Waals surface area contributed by atoms with Gasteiger partial charge in [0, 0.05) is 29.6 Å². The van der Waals surface area contributed by atoms with Crippen LogP contribution in [0.3, 0.4) is 0 Å². The number of methoxy groups -OCH3 is 3. The van der Waals surface area contributed by atoms with Crippen LogP contribution in [0.2, 0.25) is 0 Å². The van der Waals surface area contributed by atoms with Crippen LogP contribution in [0.15, 0.2) is 59.6 Å². The van der Waals surface area contributed by atoms with Crippen LogP contribution in [0, 0.1) is 0 Å². The van der Waals surface area contributed by atoms with Gasteiger partial charge in [-0.05, 0) is 24.3 Å². The molecule has 0 saturated carbocycles. The molecular weight excluding hydrogens is 432 g/mol. The van der Waals surface area contributed by atoms with E-state index in [1.54, 1.807) is 55.3 Å². The van der Waals surface area contributed by atoms with Crippen molar-refractivity contribution in [3.05, 3.63) is 54.7 Å². The van der Waals surface area contributed by atoms with Crippen LogP contribution in [-0.4, -0.2) is 50.6 Å². The second-order valence-electron chi connectivity index (χ2n) is 6.98. The molecule has 2 heterocycles. The molecule has 0 unspecified atom stereocenters. The molecule has 0 aliphatic heterocycles. The lowest BCUT2D eigenvalue weighted by Crippen LogP contribution is -2.04. The maximum Gasteiger partial charge on any atom is 0.245 e. The molecule has 0 radical (unpaired) electrons. The van der Waals surface area contributed by atoms with Crippen LogP contribution < -0.4 is 19.5 Å². The van der Waals surface area contributed by atoms with Crippen molar-refractivity contribution in [2.75, 3.05) is 32.9 Å². The number of aromatic nitrogens is 3. The lowest BCUT2D eigenvalue weighted by atomic mass is 10.2. The Balaban J connectivity index is 1.74. The number of rotatable bonds is 7. The first-order valence-electron chi connectivity index (χ1n) is 9.56. The van der Waals surface area contributed by atoms with Gasteiger partial charge in [0.05, 0.1) is 43.6 Å². The van der Waals surface area contributed by atoms with Crippen molar-refractivity contribution >= 4 is 27.0 Å². The van der Waals surface area contributed by atoms with Crippen LogP contribution in [-0.2, 0) is 9.84 Å². The van der Waals surface area contributed by atoms with Crippen LogP contribution in [0.5, 0.6) is 17.2 Å². The van der Waals surface area contributed by atoms with Gasteiger partial charge in [-0.1, -0.05) is 12.1 Å². The first kappa shape index (κ1) is 21.4. The van der Waals surface area contributed by atoms with E-state index in [1.807, 2.05) is 18.2 Å². The standard InChI is InChI=1S/C22H22N4O5S/c1-29-19-11-15(12-20(30-2)21(19)31-3)24-22-23-13-16-8-9-18(26(16)25-22)14-6-5-7-17(10-14)32(4,27)28/h5-13H,1-4H3,(H,24,25). The van der Waals surface area contributed by atoms with E-state index in [-0.39, 0.29) is 4.90 Å². The smallest absolute Gasteiger partial charge is 0.245 e. The van der Waals surface area contributed by atoms with Gasteiger partial charge in [-0.3, -0.25) is 0 Å². The SMILES string of the molecule is COc1cc(Nc2ncc3ccc(-c4cccc(S(C)(=O)=O)c4)n3n2)cc(OC)c1OC. The monoisotopic (exact) mass is 454 g/mol. The van der Waals surface area contributed by atoms with E-state index in [0.717, 1.165) is 16.8 Å². The van der Waals surface area contributed by atoms with Gasteiger partial charge >= 0.3 is 0 Å². The molecule has 2 aromatic carbocycles. The Kier molecular flexibility index (Phi) is 5.62. The van der Waals surface area contributed by atoms with Crippen molar-refractivity contribution in [3.63, 3.8) is 0 Å². The first-order chi connectivity index (χ1) is 15.3. The number of benzene rings is 2. The second kappa shape index (κ2) is 8.39. The molecular formula is C22H22N4O5S. The van der Waals surface area contributed by atoms with Gasteiger partial charge < -0.3 is 19.5 Å². The van der Waals surface area contributed by atoms with Gasteiger partial charge in [-0.25, -0.2) is 17.9 Å². The van der Waals surface area contributed by atoms with Gasteiger partial charge in [-0.15, -0.1) is 5.10 Å². The summed E-state index contributed by atoms with van der Waals surface area (Å²) in [6, 6.07) is 14.0. The fourth-order valence-corrected chi connectivity index (χ4v) is 4.01. The Labute approximate surface area is 185 Å². The molecule has 166 valence electrons. The lowest BCUT2D eigenvalue weighted by molar-refractivity contribution is 0.324. The molecule has 0 amide bonds. The van der Waals surface area contributed by atoms with E-state index in [1.165, 1.54) is 13.4 Å². The summed E-state index contributed by atoms with van der Waals surface area (Å²) in [5, 5.41) is 7.73. The molecule has 32 heavy (non-hydrogen) atoms. The highest BCUT2D eigenvalue weighted by molar-refractivity contribution is 7.90. The summed E-state index contributed by atoms with van der Waals surface area (Å²) in [7, 11) is 1.30. The zero-order chi connectivity index (χ0) is 22.9. The molecule has 4 aromatic rings. The van der Waals surface area contributed by atoms with Crippen LogP contribution in [0.1, 0.15) is 0 Å². The minimum atomic E-state index is -3.33. The molecule has 0 fully saturated rings. The predicted octanol–water partition coefficient (Wildman–Crippen LogP) is 3.57. The largest absolute Gasteiger partial charge is 0.493 e. The quantitative estimate of drug-likeness (QED) is 0.452. The highest BCUT2D eigenvalue weighted by Crippen LogP contribution is 2.40. The zero-order valence-corrected chi connectivity index (χ0v) is 18.8. The van der Waals surface area contributed by atoms with E-state index in [9.17, 15) is 8.42 Å². The third-order valence-electron chi connectivity index (χ3n) is 4.88. The minimum absolute atomic E-state index is 0.245. The van der Waals surface area contributed by atoms with Gasteiger partial charge in [-0.2, -0.15) is 0 Å². The first-order valence-corrected chi connectivity index (χ1v) is 11.5. The summed E-state index contributed by atoms with van der Waals surface area (Å²) in [6.07, 6.45) is 2.86. The van der Waals surface area contributed by atoms with E-state index in [0.29, 0.717) is 28.9 Å². The van der Waals surface area contributed by atoms with Crippen molar-refractivity contribution in [3.8, 4) is 28.5 Å². The summed E-state index contributed by atoms with van der Waals surface area (Å²) >= 11 is 0. The Morgan fingerprint density at radius 2 is 1.66 bits per heavy atom. The minimum Gasteiger partial charge on any atom is -0.493 e. The number of anilines is 2. The molecule has 0 aliphatic carbocycles. The normalized spacial score (nSPS) is 11.4. The summed E-state index contributed by atoms with van der Waals surface area (Å²) in [4.78, 5) is 4.61. The van der Waals surface area contributed by atoms with Crippen LogP contribution in [0.25, 0.3) is 16.8 Å². The van der Waals surface area contributed by atoms with Gasteiger partial charge in [0.15, 0.2) is 21.3 Å². The fourth-order valence-electron chi connectivity index (χ4n) is 3.35. The van der Waals surface area contributed by atoms with E-state index in [2.05, 4.69) is 15.4 Å². The Bertz CT molecular complexity index is 1370. The molecule has 0 bridgehead atoms. The molecule has 1 N–H and O–H groups in total. The van der Waals surface area contributed by atoms with E-state index >= 15 is 0 Å². The molecule has 10 heteroatoms. The number of sulfone groups is 1. The Morgan fingerprint density at radius 1 is 0.938 bits per heavy atom. The van der Waals surface area contributed by atoms with Crippen LogP contribution >= 0.6 is 0 Å². The third kappa shape index (κ3) is 4.04. The van der Waals surface area contributed by atoms with E-state index < -0.39 is 9.84 Å². The van der Waals surface area contributed by atoms with Gasteiger partial charge in [0.1, 0.15) is 0 Å². The molecule has 0 saturated heterocycles. The summed E-state index contributed by atoms with van der Waals surface area (Å²) in [5.41, 5.74) is 2.87. The lowest BCUT2D eigenvalue weighted by Gasteiger charge is -2.14. The molecule has 9 nitrogen and oxygen atoms in total. The topological polar surface area (TPSA) is 104 Å². The maximum absolute atomic E-state index is 12.0. The Morgan fingerprint density at radius 3 is 2.28 bits per heavy atom. The van der Waals surface area contributed by atoms with Crippen molar-refractivity contribution in [1.29, 1.82) is 0 Å². The molecule has 0 atom stereocenters. The number of hydrogen-bond acceptors (Lipinski definition) is 8. The number of hydrogen-bond donors (Lipinski definition) is 1. The van der Waals surface area contributed by atoms with Crippen molar-refractivity contribution < 1.29 is 22.6 Å². The van der Waals surface area contributed by atoms with Gasteiger partial charge in [0.25, 0.3) is 0 Å². The predicted molar refractivity (Wildman–Crippen MR) is 121 cm³/mol. The Hall–Kier alpha value is -3.79. The summed E-state index contributed by atoms with van der Waals surface area (Å²) in [6.45, 7) is 0. The van der Waals surface area contributed by atoms with Crippen molar-refractivity contribution in [2.24, 2.45) is 0 Å². The van der Waals surface area contributed by atoms with Gasteiger partial charge in [0.2, 0.25) is 11.7 Å². The number of nitrogens with zero attached hydrogens (tertiary/aromatic N) is 3. The average Bonchev–Trinajstić information content (AvgIpc) is 3.21. The molecule has 4 rings (SSSR count). The van der Waals surface area contributed by atoms with E-state index in [4.69, 9.17) is 14.2 Å². The van der Waals surface area contributed by atoms with Crippen molar-refractivity contribution in [2.45, 2.75) is 4.90 Å². The van der Waals surface area contributed by atoms with Crippen LogP contribution in [0.4, 0.5) is 11.6 Å². The second-order valence-corrected chi connectivity index (χ2v) is 8.99. The summed E-state index contributed by atoms with van der Waals surface area (Å²) in [5.74, 6) is 1.81. The number of fused-ring (bicyclic) bond motifs is 1. The highest BCUT2D eigenvalue weighted by Gasteiger charge is 2.15. The van der Waals surface area contributed by atoms with Crippen molar-refractivity contribution in [1.82, 2.24) is 14.6 Å². The number of nitrogens with one attached hydrogen (secondary N) is 1. The number of ether oxygens (including phenoxy) is 3. The molecule has 2 aromatic heterocycles. The average molecular weight is 455 g/mol. The highest BCUT2D eigenvalue weighted by atomic mass is 32.2. The molecule has 0 aliphatic rings. The summed E-state index contributed by atoms with van der Waals surface area (Å²) < 4.78 is 41.7. The fraction of sp³-hybridized carbons (Fsp3) is 0.182. The third-order valence-corrected chi connectivity index (χ3v) is 5.99. The maximum atomic E-state index is 12.0. The molecule has 0 spiro atoms.